The van der Waals surface area contributed by atoms with Gasteiger partial charge in [0.1, 0.15) is 5.75 Å². The van der Waals surface area contributed by atoms with E-state index < -0.39 is 6.10 Å². The summed E-state index contributed by atoms with van der Waals surface area (Å²) in [4.78, 5) is 12.3. The van der Waals surface area contributed by atoms with Gasteiger partial charge in [-0.15, -0.1) is 0 Å². The van der Waals surface area contributed by atoms with Gasteiger partial charge in [-0.3, -0.25) is 4.79 Å². The van der Waals surface area contributed by atoms with Gasteiger partial charge in [0.25, 0.3) is 5.91 Å². The van der Waals surface area contributed by atoms with Crippen molar-refractivity contribution < 1.29 is 9.53 Å². The zero-order valence-corrected chi connectivity index (χ0v) is 15.2. The lowest BCUT2D eigenvalue weighted by atomic mass is 10.0. The van der Waals surface area contributed by atoms with Gasteiger partial charge in [-0.25, -0.2) is 0 Å². The zero-order valence-electron chi connectivity index (χ0n) is 15.2. The topological polar surface area (TPSA) is 38.3 Å². The molecule has 3 nitrogen and oxygen atoms in total. The van der Waals surface area contributed by atoms with E-state index in [1.807, 2.05) is 38.1 Å². The van der Waals surface area contributed by atoms with Crippen LogP contribution in [0.4, 0.5) is 0 Å². The highest BCUT2D eigenvalue weighted by atomic mass is 16.5. The molecule has 128 valence electrons. The van der Waals surface area contributed by atoms with E-state index in [9.17, 15) is 4.79 Å². The second-order valence-corrected chi connectivity index (χ2v) is 6.52. The van der Waals surface area contributed by atoms with Gasteiger partial charge in [-0.05, 0) is 61.9 Å². The first kappa shape index (κ1) is 18.1. The molecule has 0 saturated carbocycles. The van der Waals surface area contributed by atoms with Crippen molar-refractivity contribution >= 4 is 5.91 Å². The van der Waals surface area contributed by atoms with Gasteiger partial charge in [-0.2, -0.15) is 0 Å². The summed E-state index contributed by atoms with van der Waals surface area (Å²) in [6.45, 7) is 10.6. The van der Waals surface area contributed by atoms with E-state index in [1.165, 1.54) is 11.1 Å². The summed E-state index contributed by atoms with van der Waals surface area (Å²) in [6, 6.07) is 14.3. The van der Waals surface area contributed by atoms with Crippen LogP contribution in [-0.2, 0) is 4.79 Å². The first-order valence-electron chi connectivity index (χ1n) is 8.45. The number of hydrogen-bond donors (Lipinski definition) is 1. The standard InChI is InChI=1S/C21H27NO2/c1-14-11-15(2)17(4)20(12-14)24-18(5)21(23)22-13-16(3)19-9-7-6-8-10-19/h6-12,16,18H,13H2,1-5H3,(H,22,23). The maximum Gasteiger partial charge on any atom is 0.260 e. The van der Waals surface area contributed by atoms with Gasteiger partial charge < -0.3 is 10.1 Å². The van der Waals surface area contributed by atoms with Gasteiger partial charge in [-0.1, -0.05) is 43.3 Å². The molecule has 0 aliphatic heterocycles. The van der Waals surface area contributed by atoms with Crippen molar-refractivity contribution in [3.63, 3.8) is 0 Å². The molecule has 2 rings (SSSR count). The molecule has 2 unspecified atom stereocenters. The minimum atomic E-state index is -0.520. The second-order valence-electron chi connectivity index (χ2n) is 6.52. The van der Waals surface area contributed by atoms with E-state index in [0.717, 1.165) is 16.9 Å². The molecule has 2 atom stereocenters. The third-order valence-electron chi connectivity index (χ3n) is 4.39. The minimum Gasteiger partial charge on any atom is -0.481 e. The first-order chi connectivity index (χ1) is 11.4. The number of amides is 1. The molecule has 2 aromatic carbocycles. The van der Waals surface area contributed by atoms with Crippen molar-refractivity contribution in [3.05, 3.63) is 64.7 Å². The summed E-state index contributed by atoms with van der Waals surface area (Å²) < 4.78 is 5.89. The Hall–Kier alpha value is -2.29. The van der Waals surface area contributed by atoms with E-state index in [4.69, 9.17) is 4.74 Å². The predicted octanol–water partition coefficient (Wildman–Crippen LogP) is 4.30. The molecule has 1 amide bonds. The Kier molecular flexibility index (Phi) is 6.02. The second kappa shape index (κ2) is 8.00. The lowest BCUT2D eigenvalue weighted by Gasteiger charge is -2.19. The van der Waals surface area contributed by atoms with Gasteiger partial charge in [0, 0.05) is 6.54 Å². The van der Waals surface area contributed by atoms with Gasteiger partial charge in [0.05, 0.1) is 0 Å². The monoisotopic (exact) mass is 325 g/mol. The molecular formula is C21H27NO2. The Labute approximate surface area is 145 Å². The van der Waals surface area contributed by atoms with Crippen LogP contribution < -0.4 is 10.1 Å². The molecule has 3 heteroatoms. The Morgan fingerprint density at radius 2 is 1.75 bits per heavy atom. The number of nitrogens with one attached hydrogen (secondary N) is 1. The highest BCUT2D eigenvalue weighted by molar-refractivity contribution is 5.80. The Bertz CT molecular complexity index is 694. The van der Waals surface area contributed by atoms with Gasteiger partial charge >= 0.3 is 0 Å². The van der Waals surface area contributed by atoms with Crippen molar-refractivity contribution in [2.45, 2.75) is 46.6 Å². The summed E-state index contributed by atoms with van der Waals surface area (Å²) in [5, 5.41) is 2.99. The van der Waals surface area contributed by atoms with Gasteiger partial charge in [0.2, 0.25) is 0 Å². The Morgan fingerprint density at radius 1 is 1.08 bits per heavy atom. The van der Waals surface area contributed by atoms with Crippen LogP contribution in [0.3, 0.4) is 0 Å². The number of benzene rings is 2. The molecule has 0 aliphatic carbocycles. The van der Waals surface area contributed by atoms with Crippen LogP contribution in [0.2, 0.25) is 0 Å². The molecule has 0 heterocycles. The van der Waals surface area contributed by atoms with Crippen LogP contribution in [0.1, 0.15) is 42.0 Å². The summed E-state index contributed by atoms with van der Waals surface area (Å²) in [7, 11) is 0. The molecule has 0 spiro atoms. The van der Waals surface area contributed by atoms with Crippen molar-refractivity contribution in [2.24, 2.45) is 0 Å². The van der Waals surface area contributed by atoms with E-state index in [0.29, 0.717) is 6.54 Å². The summed E-state index contributed by atoms with van der Waals surface area (Å²) in [6.07, 6.45) is -0.520. The molecule has 0 fully saturated rings. The highest BCUT2D eigenvalue weighted by Gasteiger charge is 2.17. The zero-order chi connectivity index (χ0) is 17.7. The van der Waals surface area contributed by atoms with Crippen molar-refractivity contribution in [3.8, 4) is 5.75 Å². The van der Waals surface area contributed by atoms with Crippen LogP contribution in [-0.4, -0.2) is 18.6 Å². The van der Waals surface area contributed by atoms with Gasteiger partial charge in [0.15, 0.2) is 6.10 Å². The van der Waals surface area contributed by atoms with Crippen molar-refractivity contribution in [1.82, 2.24) is 5.32 Å². The van der Waals surface area contributed by atoms with Crippen LogP contribution >= 0.6 is 0 Å². The molecule has 0 radical (unpaired) electrons. The number of carbonyl (C=O) groups is 1. The average molecular weight is 325 g/mol. The van der Waals surface area contributed by atoms with Crippen LogP contribution in [0.15, 0.2) is 42.5 Å². The summed E-state index contributed by atoms with van der Waals surface area (Å²) >= 11 is 0. The molecule has 0 bridgehead atoms. The molecule has 0 aliphatic rings. The number of aryl methyl sites for hydroxylation is 2. The SMILES string of the molecule is Cc1cc(C)c(C)c(OC(C)C(=O)NCC(C)c2ccccc2)c1. The number of hydrogen-bond acceptors (Lipinski definition) is 2. The maximum absolute atomic E-state index is 12.3. The minimum absolute atomic E-state index is 0.0867. The third kappa shape index (κ3) is 4.60. The molecule has 2 aromatic rings. The fourth-order valence-corrected chi connectivity index (χ4v) is 2.66. The molecule has 0 saturated heterocycles. The third-order valence-corrected chi connectivity index (χ3v) is 4.39. The summed E-state index contributed by atoms with van der Waals surface area (Å²) in [5.74, 6) is 0.966. The normalized spacial score (nSPS) is 13.2. The van der Waals surface area contributed by atoms with E-state index in [-0.39, 0.29) is 11.8 Å². The van der Waals surface area contributed by atoms with E-state index >= 15 is 0 Å². The van der Waals surface area contributed by atoms with Crippen molar-refractivity contribution in [1.29, 1.82) is 0 Å². The highest BCUT2D eigenvalue weighted by Crippen LogP contribution is 2.24. The fraction of sp³-hybridized carbons (Fsp3) is 0.381. The quantitative estimate of drug-likeness (QED) is 0.860. The smallest absolute Gasteiger partial charge is 0.260 e. The average Bonchev–Trinajstić information content (AvgIpc) is 2.57. The number of carbonyl (C=O) groups excluding carboxylic acids is 1. The van der Waals surface area contributed by atoms with E-state index in [1.54, 1.807) is 6.92 Å². The largest absolute Gasteiger partial charge is 0.481 e. The van der Waals surface area contributed by atoms with Crippen LogP contribution in [0.5, 0.6) is 5.75 Å². The Morgan fingerprint density at radius 3 is 2.42 bits per heavy atom. The molecule has 0 aromatic heterocycles. The summed E-state index contributed by atoms with van der Waals surface area (Å²) in [5.41, 5.74) is 4.61. The van der Waals surface area contributed by atoms with Crippen molar-refractivity contribution in [2.75, 3.05) is 6.54 Å². The van der Waals surface area contributed by atoms with Crippen LogP contribution in [0, 0.1) is 20.8 Å². The molecule has 1 N–H and O–H groups in total. The lowest BCUT2D eigenvalue weighted by molar-refractivity contribution is -0.127. The first-order valence-corrected chi connectivity index (χ1v) is 8.45. The number of rotatable bonds is 6. The number of ether oxygens (including phenoxy) is 1. The van der Waals surface area contributed by atoms with E-state index in [2.05, 4.69) is 37.4 Å². The maximum atomic E-state index is 12.3. The predicted molar refractivity (Wildman–Crippen MR) is 98.6 cm³/mol. The lowest BCUT2D eigenvalue weighted by Crippen LogP contribution is -2.38. The fourth-order valence-electron chi connectivity index (χ4n) is 2.66. The Balaban J connectivity index is 1.93. The van der Waals surface area contributed by atoms with Crippen LogP contribution in [0.25, 0.3) is 0 Å². The molecule has 24 heavy (non-hydrogen) atoms. The molecular weight excluding hydrogens is 298 g/mol.